The van der Waals surface area contributed by atoms with Crippen molar-refractivity contribution in [3.05, 3.63) is 57.0 Å². The Morgan fingerprint density at radius 3 is 2.74 bits per heavy atom. The highest BCUT2D eigenvalue weighted by Crippen LogP contribution is 2.26. The fourth-order valence-electron chi connectivity index (χ4n) is 2.47. The summed E-state index contributed by atoms with van der Waals surface area (Å²) < 4.78 is 7.53. The second-order valence-corrected chi connectivity index (χ2v) is 7.21. The van der Waals surface area contributed by atoms with Crippen LogP contribution in [0.2, 0.25) is 0 Å². The van der Waals surface area contributed by atoms with E-state index in [0.29, 0.717) is 6.61 Å². The monoisotopic (exact) mass is 344 g/mol. The molecule has 0 aliphatic heterocycles. The van der Waals surface area contributed by atoms with Crippen LogP contribution < -0.4 is 4.80 Å². The molecule has 0 bridgehead atoms. The van der Waals surface area contributed by atoms with E-state index in [0.717, 1.165) is 17.0 Å². The highest BCUT2D eigenvalue weighted by atomic mass is 32.1. The molecule has 0 spiro atoms. The summed E-state index contributed by atoms with van der Waals surface area (Å²) in [6, 6.07) is 10.6. The Hall–Kier alpha value is -1.69. The van der Waals surface area contributed by atoms with Gasteiger partial charge in [0.25, 0.3) is 0 Å². The molecule has 3 nitrogen and oxygen atoms in total. The van der Waals surface area contributed by atoms with Crippen molar-refractivity contribution in [3.63, 3.8) is 0 Å². The van der Waals surface area contributed by atoms with E-state index in [2.05, 4.69) is 59.5 Å². The number of hydrogen-bond acceptors (Lipinski definition) is 4. The first-order chi connectivity index (χ1) is 11.2. The lowest BCUT2D eigenvalue weighted by atomic mass is 10.1. The van der Waals surface area contributed by atoms with Crippen LogP contribution >= 0.6 is 22.7 Å². The van der Waals surface area contributed by atoms with Gasteiger partial charge in [-0.2, -0.15) is 0 Å². The molecule has 0 N–H and O–H groups in total. The van der Waals surface area contributed by atoms with Crippen LogP contribution in [0.15, 0.2) is 46.1 Å². The number of methoxy groups -OCH3 is 1. The quantitative estimate of drug-likeness (QED) is 0.654. The van der Waals surface area contributed by atoms with Gasteiger partial charge in [0, 0.05) is 19.0 Å². The molecule has 0 aliphatic carbocycles. The van der Waals surface area contributed by atoms with Gasteiger partial charge in [0.1, 0.15) is 0 Å². The lowest BCUT2D eigenvalue weighted by molar-refractivity contribution is 0.187. The molecule has 0 saturated carbocycles. The number of thiophene rings is 1. The fraction of sp³-hybridized carbons (Fsp3) is 0.278. The smallest absolute Gasteiger partial charge is 0.190 e. The molecule has 5 heteroatoms. The average molecular weight is 345 g/mol. The number of rotatable bonds is 5. The Morgan fingerprint density at radius 1 is 1.17 bits per heavy atom. The molecule has 0 saturated heterocycles. The summed E-state index contributed by atoms with van der Waals surface area (Å²) in [5.41, 5.74) is 4.71. The van der Waals surface area contributed by atoms with Crippen molar-refractivity contribution < 1.29 is 4.74 Å². The summed E-state index contributed by atoms with van der Waals surface area (Å²) in [6.45, 7) is 5.70. The average Bonchev–Trinajstić information content (AvgIpc) is 3.17. The number of nitrogens with zero attached hydrogens (tertiary/aromatic N) is 2. The second-order valence-electron chi connectivity index (χ2n) is 5.43. The van der Waals surface area contributed by atoms with Crippen molar-refractivity contribution >= 4 is 28.4 Å². The fourth-order valence-corrected chi connectivity index (χ4v) is 4.24. The van der Waals surface area contributed by atoms with Gasteiger partial charge in [-0.1, -0.05) is 23.8 Å². The van der Waals surface area contributed by atoms with Crippen LogP contribution in [-0.4, -0.2) is 18.3 Å². The Labute approximate surface area is 144 Å². The molecule has 120 valence electrons. The maximum absolute atomic E-state index is 5.28. The van der Waals surface area contributed by atoms with E-state index in [1.54, 1.807) is 29.8 Å². The van der Waals surface area contributed by atoms with E-state index in [-0.39, 0.29) is 0 Å². The van der Waals surface area contributed by atoms with E-state index >= 15 is 0 Å². The second kappa shape index (κ2) is 7.25. The van der Waals surface area contributed by atoms with Gasteiger partial charge >= 0.3 is 0 Å². The first kappa shape index (κ1) is 16.2. The van der Waals surface area contributed by atoms with Gasteiger partial charge in [-0.05, 0) is 36.9 Å². The number of thiazole rings is 1. The predicted octanol–water partition coefficient (Wildman–Crippen LogP) is 4.77. The molecule has 2 aromatic heterocycles. The number of aryl methyl sites for hydroxylation is 2. The summed E-state index contributed by atoms with van der Waals surface area (Å²) >= 11 is 3.43. The molecule has 0 amide bonds. The molecule has 1 aromatic carbocycles. The largest absolute Gasteiger partial charge is 0.383 e. The standard InChI is InChI=1S/C18H20N2OS2/c1-13-6-7-15(14(2)11-13)19-18-20(8-9-21-3)16(12-23-18)17-5-4-10-22-17/h4-7,10-12H,8-9H2,1-3H3. The van der Waals surface area contributed by atoms with Crippen LogP contribution in [0, 0.1) is 13.8 Å². The molecule has 2 heterocycles. The first-order valence-electron chi connectivity index (χ1n) is 7.52. The van der Waals surface area contributed by atoms with Gasteiger partial charge in [-0.15, -0.1) is 22.7 Å². The maximum Gasteiger partial charge on any atom is 0.190 e. The molecule has 0 atom stereocenters. The summed E-state index contributed by atoms with van der Waals surface area (Å²) in [4.78, 5) is 7.17. The Morgan fingerprint density at radius 2 is 2.04 bits per heavy atom. The molecule has 0 fully saturated rings. The summed E-state index contributed by atoms with van der Waals surface area (Å²) in [6.07, 6.45) is 0. The summed E-state index contributed by atoms with van der Waals surface area (Å²) in [5.74, 6) is 0. The van der Waals surface area contributed by atoms with Crippen molar-refractivity contribution in [2.45, 2.75) is 20.4 Å². The molecule has 3 aromatic rings. The van der Waals surface area contributed by atoms with Crippen LogP contribution in [0.4, 0.5) is 5.69 Å². The lowest BCUT2D eigenvalue weighted by Crippen LogP contribution is -2.18. The van der Waals surface area contributed by atoms with Gasteiger partial charge < -0.3 is 9.30 Å². The molecule has 23 heavy (non-hydrogen) atoms. The number of benzene rings is 1. The van der Waals surface area contributed by atoms with Gasteiger partial charge in [0.2, 0.25) is 0 Å². The van der Waals surface area contributed by atoms with Crippen molar-refractivity contribution in [2.24, 2.45) is 4.99 Å². The normalized spacial score (nSPS) is 12.0. The number of hydrogen-bond donors (Lipinski definition) is 0. The Bertz CT molecular complexity index is 844. The van der Waals surface area contributed by atoms with Crippen molar-refractivity contribution in [2.75, 3.05) is 13.7 Å². The highest BCUT2D eigenvalue weighted by Gasteiger charge is 2.09. The maximum atomic E-state index is 5.28. The third-order valence-electron chi connectivity index (χ3n) is 3.66. The van der Waals surface area contributed by atoms with Gasteiger partial charge in [-0.25, -0.2) is 4.99 Å². The van der Waals surface area contributed by atoms with E-state index in [1.807, 2.05) is 0 Å². The third-order valence-corrected chi connectivity index (χ3v) is 5.41. The topological polar surface area (TPSA) is 26.5 Å². The van der Waals surface area contributed by atoms with Crippen LogP contribution in [-0.2, 0) is 11.3 Å². The van der Waals surface area contributed by atoms with Gasteiger partial charge in [0.05, 0.1) is 22.9 Å². The number of aromatic nitrogens is 1. The summed E-state index contributed by atoms with van der Waals surface area (Å²) in [5, 5.41) is 4.29. The van der Waals surface area contributed by atoms with Crippen LogP contribution in [0.3, 0.4) is 0 Å². The molecule has 0 radical (unpaired) electrons. The zero-order valence-corrected chi connectivity index (χ0v) is 15.2. The minimum absolute atomic E-state index is 0.676. The Balaban J connectivity index is 2.09. The Kier molecular flexibility index (Phi) is 5.10. The zero-order chi connectivity index (χ0) is 16.2. The minimum atomic E-state index is 0.676. The van der Waals surface area contributed by atoms with E-state index < -0.39 is 0 Å². The van der Waals surface area contributed by atoms with Crippen LogP contribution in [0.1, 0.15) is 11.1 Å². The van der Waals surface area contributed by atoms with Crippen molar-refractivity contribution in [1.29, 1.82) is 0 Å². The lowest BCUT2D eigenvalue weighted by Gasteiger charge is -2.07. The predicted molar refractivity (Wildman–Crippen MR) is 98.6 cm³/mol. The first-order valence-corrected chi connectivity index (χ1v) is 9.28. The van der Waals surface area contributed by atoms with Gasteiger partial charge in [0.15, 0.2) is 4.80 Å². The van der Waals surface area contributed by atoms with Gasteiger partial charge in [-0.3, -0.25) is 0 Å². The van der Waals surface area contributed by atoms with E-state index in [1.165, 1.54) is 21.7 Å². The third kappa shape index (κ3) is 3.63. The SMILES string of the molecule is COCCn1c(-c2cccs2)csc1=Nc1ccc(C)cc1C. The summed E-state index contributed by atoms with van der Waals surface area (Å²) in [7, 11) is 1.73. The number of ether oxygens (including phenoxy) is 1. The zero-order valence-electron chi connectivity index (χ0n) is 13.6. The van der Waals surface area contributed by atoms with E-state index in [4.69, 9.17) is 9.73 Å². The minimum Gasteiger partial charge on any atom is -0.383 e. The van der Waals surface area contributed by atoms with Crippen molar-refractivity contribution in [1.82, 2.24) is 4.57 Å². The molecule has 0 unspecified atom stereocenters. The van der Waals surface area contributed by atoms with Crippen LogP contribution in [0.5, 0.6) is 0 Å². The molecular formula is C18H20N2OS2. The van der Waals surface area contributed by atoms with Crippen molar-refractivity contribution in [3.8, 4) is 10.6 Å². The van der Waals surface area contributed by atoms with Crippen LogP contribution in [0.25, 0.3) is 10.6 Å². The molecular weight excluding hydrogens is 324 g/mol. The van der Waals surface area contributed by atoms with E-state index in [9.17, 15) is 0 Å². The molecule has 3 rings (SSSR count). The molecule has 0 aliphatic rings. The highest BCUT2D eigenvalue weighted by molar-refractivity contribution is 7.14.